The molecule has 0 saturated heterocycles. The first-order valence-electron chi connectivity index (χ1n) is 22.8. The second-order valence-corrected chi connectivity index (χ2v) is 17.0. The maximum Gasteiger partial charge on any atom is 0.416 e. The van der Waals surface area contributed by atoms with E-state index in [1.54, 1.807) is 84.9 Å². The fourth-order valence-corrected chi connectivity index (χ4v) is 7.46. The van der Waals surface area contributed by atoms with Gasteiger partial charge in [-0.3, -0.25) is 28.8 Å². The first-order valence-corrected chi connectivity index (χ1v) is 22.8. The predicted molar refractivity (Wildman–Crippen MR) is 257 cm³/mol. The van der Waals surface area contributed by atoms with Crippen LogP contribution < -0.4 is 31.9 Å². The monoisotopic (exact) mass is 962 g/mol. The molecule has 14 nitrogen and oxygen atoms in total. The summed E-state index contributed by atoms with van der Waals surface area (Å²) in [5, 5.41) is 25.7. The van der Waals surface area contributed by atoms with Gasteiger partial charge in [0.05, 0.1) is 5.56 Å². The number of amides is 6. The molecule has 0 bridgehead atoms. The Morgan fingerprint density at radius 3 is 1.57 bits per heavy atom. The summed E-state index contributed by atoms with van der Waals surface area (Å²) < 4.78 is 40.9. The SMILES string of the molecule is Cc1ccc(NC(=O)CCC(=O)NC(CCc2ccccc2)C(=O)NC(C(=O)NC(Cc2ccccc2)C(=O)NC(C)C(=O)NC(Cc2ccccc2)C(=O)O)C(C)c2ccc(C(F)(F)F)cc2)cc1. The summed E-state index contributed by atoms with van der Waals surface area (Å²) in [4.78, 5) is 94.8. The van der Waals surface area contributed by atoms with Crippen molar-refractivity contribution in [3.63, 3.8) is 0 Å². The van der Waals surface area contributed by atoms with Gasteiger partial charge in [-0.2, -0.15) is 13.2 Å². The molecule has 17 heteroatoms. The van der Waals surface area contributed by atoms with Crippen molar-refractivity contribution < 1.29 is 51.8 Å². The molecule has 0 fully saturated rings. The number of hydrogen-bond acceptors (Lipinski definition) is 7. The van der Waals surface area contributed by atoms with Crippen LogP contribution in [0, 0.1) is 6.92 Å². The molecule has 0 saturated carbocycles. The molecule has 6 unspecified atom stereocenters. The van der Waals surface area contributed by atoms with Crippen LogP contribution in [0.1, 0.15) is 72.4 Å². The van der Waals surface area contributed by atoms with Crippen LogP contribution in [0.15, 0.2) is 140 Å². The molecule has 5 aromatic carbocycles. The summed E-state index contributed by atoms with van der Waals surface area (Å²) >= 11 is 0. The molecule has 368 valence electrons. The molecule has 7 N–H and O–H groups in total. The third kappa shape index (κ3) is 16.7. The zero-order valence-electron chi connectivity index (χ0n) is 38.9. The highest BCUT2D eigenvalue weighted by Crippen LogP contribution is 2.31. The van der Waals surface area contributed by atoms with E-state index in [-0.39, 0.29) is 37.7 Å². The minimum atomic E-state index is -4.67. The maximum atomic E-state index is 14.6. The van der Waals surface area contributed by atoms with Gasteiger partial charge in [0.25, 0.3) is 0 Å². The number of aliphatic carboxylic acids is 1. The Labute approximate surface area is 404 Å². The third-order valence-electron chi connectivity index (χ3n) is 11.5. The predicted octanol–water partition coefficient (Wildman–Crippen LogP) is 6.18. The maximum absolute atomic E-state index is 14.6. The number of carboxylic acids is 1. The van der Waals surface area contributed by atoms with Gasteiger partial charge in [-0.25, -0.2) is 4.79 Å². The van der Waals surface area contributed by atoms with E-state index < -0.39 is 89.3 Å². The summed E-state index contributed by atoms with van der Waals surface area (Å²) in [6.07, 6.45) is -5.02. The summed E-state index contributed by atoms with van der Waals surface area (Å²) in [6, 6.07) is 30.4. The topological polar surface area (TPSA) is 212 Å². The Morgan fingerprint density at radius 2 is 1.03 bits per heavy atom. The third-order valence-corrected chi connectivity index (χ3v) is 11.5. The molecule has 0 aliphatic carbocycles. The molecule has 6 amide bonds. The second-order valence-electron chi connectivity index (χ2n) is 17.0. The molecule has 70 heavy (non-hydrogen) atoms. The average molecular weight is 963 g/mol. The van der Waals surface area contributed by atoms with Crippen molar-refractivity contribution in [1.82, 2.24) is 26.6 Å². The minimum absolute atomic E-state index is 0.0349. The van der Waals surface area contributed by atoms with Gasteiger partial charge in [-0.1, -0.05) is 128 Å². The Morgan fingerprint density at radius 1 is 0.529 bits per heavy atom. The number of halogens is 3. The standard InChI is InChI=1S/C53H57F3N6O8/c1-33-19-26-41(27-20-33)58-45(63)29-30-46(64)59-42(28-21-36-13-7-4-8-14-36)49(66)62-47(34(2)39-22-24-40(25-23-39)53(54,55)56)51(68)60-43(31-37-15-9-5-10-16-37)50(67)57-35(3)48(65)61-44(52(69)70)32-38-17-11-6-12-18-38/h4-20,22-27,34-35,42-44,47H,21,28-32H2,1-3H3,(H,57,67)(H,58,63)(H,59,64)(H,60,68)(H,61,65)(H,62,66)(H,69,70). The van der Waals surface area contributed by atoms with Crippen LogP contribution in [0.25, 0.3) is 0 Å². The quantitative estimate of drug-likeness (QED) is 0.0401. The molecule has 0 radical (unpaired) electrons. The first kappa shape index (κ1) is 53.1. The molecule has 0 aliphatic heterocycles. The average Bonchev–Trinajstić information content (AvgIpc) is 3.34. The molecule has 0 aromatic heterocycles. The molecule has 0 aliphatic rings. The lowest BCUT2D eigenvalue weighted by molar-refractivity contribution is -0.142. The van der Waals surface area contributed by atoms with Crippen molar-refractivity contribution >= 4 is 47.1 Å². The number of rotatable bonds is 23. The van der Waals surface area contributed by atoms with Crippen molar-refractivity contribution in [3.05, 3.63) is 173 Å². The van der Waals surface area contributed by atoms with Gasteiger partial charge in [-0.05, 0) is 73.2 Å². The summed E-state index contributed by atoms with van der Waals surface area (Å²) in [5.41, 5.74) is 2.85. The van der Waals surface area contributed by atoms with Crippen LogP contribution in [-0.2, 0) is 59.0 Å². The Bertz CT molecular complexity index is 2550. The molecule has 5 rings (SSSR count). The number of carboxylic acid groups (broad SMARTS) is 1. The largest absolute Gasteiger partial charge is 0.480 e. The summed E-state index contributed by atoms with van der Waals surface area (Å²) in [5.74, 6) is -6.85. The van der Waals surface area contributed by atoms with Crippen molar-refractivity contribution in [3.8, 4) is 0 Å². The van der Waals surface area contributed by atoms with Crippen molar-refractivity contribution in [2.75, 3.05) is 5.32 Å². The highest BCUT2D eigenvalue weighted by atomic mass is 19.4. The van der Waals surface area contributed by atoms with Crippen molar-refractivity contribution in [2.45, 2.75) is 102 Å². The van der Waals surface area contributed by atoms with E-state index in [0.717, 1.165) is 23.3 Å². The van der Waals surface area contributed by atoms with E-state index in [4.69, 9.17) is 0 Å². The van der Waals surface area contributed by atoms with Gasteiger partial charge in [0, 0.05) is 37.3 Å². The zero-order valence-corrected chi connectivity index (χ0v) is 38.9. The molecular formula is C53H57F3N6O8. The number of carbonyl (C=O) groups excluding carboxylic acids is 6. The van der Waals surface area contributed by atoms with Gasteiger partial charge < -0.3 is 37.0 Å². The molecular weight excluding hydrogens is 906 g/mol. The Kier molecular flexibility index (Phi) is 19.4. The molecule has 5 aromatic rings. The molecule has 0 heterocycles. The van der Waals surface area contributed by atoms with E-state index >= 15 is 0 Å². The lowest BCUT2D eigenvalue weighted by atomic mass is 9.91. The lowest BCUT2D eigenvalue weighted by Crippen LogP contribution is -2.60. The van der Waals surface area contributed by atoms with Crippen LogP contribution in [0.3, 0.4) is 0 Å². The number of aryl methyl sites for hydroxylation is 2. The number of nitrogens with one attached hydrogen (secondary N) is 6. The molecule has 6 atom stereocenters. The summed E-state index contributed by atoms with van der Waals surface area (Å²) in [7, 11) is 0. The highest BCUT2D eigenvalue weighted by molar-refractivity contribution is 5.97. The van der Waals surface area contributed by atoms with Crippen LogP contribution in [0.4, 0.5) is 18.9 Å². The number of anilines is 1. The Hall–Kier alpha value is -7.82. The van der Waals surface area contributed by atoms with Gasteiger partial charge in [0.15, 0.2) is 0 Å². The fourth-order valence-electron chi connectivity index (χ4n) is 7.46. The smallest absolute Gasteiger partial charge is 0.416 e. The van der Waals surface area contributed by atoms with Gasteiger partial charge in [0.2, 0.25) is 35.4 Å². The number of hydrogen-bond donors (Lipinski definition) is 7. The van der Waals surface area contributed by atoms with Crippen LogP contribution in [0.2, 0.25) is 0 Å². The number of benzene rings is 5. The van der Waals surface area contributed by atoms with E-state index in [9.17, 15) is 51.8 Å². The van der Waals surface area contributed by atoms with Crippen LogP contribution in [-0.4, -0.2) is 76.7 Å². The Balaban J connectivity index is 1.39. The van der Waals surface area contributed by atoms with E-state index in [2.05, 4.69) is 31.9 Å². The van der Waals surface area contributed by atoms with Gasteiger partial charge in [0.1, 0.15) is 30.2 Å². The highest BCUT2D eigenvalue weighted by Gasteiger charge is 2.36. The van der Waals surface area contributed by atoms with E-state index in [1.165, 1.54) is 26.0 Å². The van der Waals surface area contributed by atoms with Crippen molar-refractivity contribution in [2.24, 2.45) is 0 Å². The fraction of sp³-hybridized carbons (Fsp3) is 0.302. The molecule has 0 spiro atoms. The zero-order chi connectivity index (χ0) is 50.8. The van der Waals surface area contributed by atoms with Crippen LogP contribution in [0.5, 0.6) is 0 Å². The van der Waals surface area contributed by atoms with Gasteiger partial charge >= 0.3 is 12.1 Å². The summed E-state index contributed by atoms with van der Waals surface area (Å²) in [6.45, 7) is 4.74. The normalized spacial score (nSPS) is 13.7. The lowest BCUT2D eigenvalue weighted by Gasteiger charge is -2.29. The second kappa shape index (κ2) is 25.5. The number of carbonyl (C=O) groups is 7. The number of alkyl halides is 3. The van der Waals surface area contributed by atoms with Crippen LogP contribution >= 0.6 is 0 Å². The van der Waals surface area contributed by atoms with Gasteiger partial charge in [-0.15, -0.1) is 0 Å². The van der Waals surface area contributed by atoms with E-state index in [1.807, 2.05) is 37.3 Å². The first-order chi connectivity index (χ1) is 33.4. The minimum Gasteiger partial charge on any atom is -0.480 e. The van der Waals surface area contributed by atoms with Crippen molar-refractivity contribution in [1.29, 1.82) is 0 Å². The van der Waals surface area contributed by atoms with E-state index in [0.29, 0.717) is 23.2 Å².